The van der Waals surface area contributed by atoms with Crippen molar-refractivity contribution >= 4 is 23.0 Å². The molecule has 8 nitrogen and oxygen atoms in total. The average molecular weight is 508 g/mol. The fourth-order valence-corrected chi connectivity index (χ4v) is 4.98. The number of rotatable bonds is 5. The first kappa shape index (κ1) is 26.7. The molecule has 1 aliphatic rings. The highest BCUT2D eigenvalue weighted by molar-refractivity contribution is 5.95. The number of fused-ring (bicyclic) bond motifs is 1. The second-order valence-electron chi connectivity index (χ2n) is 10.5. The molecule has 0 radical (unpaired) electrons. The van der Waals surface area contributed by atoms with Gasteiger partial charge in [0.25, 0.3) is 0 Å². The Morgan fingerprint density at radius 2 is 1.84 bits per heavy atom. The van der Waals surface area contributed by atoms with Crippen LogP contribution in [0.15, 0.2) is 42.6 Å². The third-order valence-electron chi connectivity index (χ3n) is 6.70. The van der Waals surface area contributed by atoms with Gasteiger partial charge in [-0.15, -0.1) is 0 Å². The molecule has 198 valence electrons. The topological polar surface area (TPSA) is 82.0 Å². The van der Waals surface area contributed by atoms with Gasteiger partial charge in [-0.25, -0.2) is 9.59 Å². The van der Waals surface area contributed by atoms with Crippen molar-refractivity contribution in [2.45, 2.75) is 52.3 Å². The second-order valence-corrected chi connectivity index (χ2v) is 10.5. The Balaban J connectivity index is 1.72. The molecule has 1 atom stereocenters. The lowest BCUT2D eigenvalue weighted by atomic mass is 10.0. The van der Waals surface area contributed by atoms with Crippen molar-refractivity contribution in [2.75, 3.05) is 33.9 Å². The fraction of sp³-hybridized carbons (Fsp3) is 0.448. The van der Waals surface area contributed by atoms with Gasteiger partial charge in [0.2, 0.25) is 0 Å². The summed E-state index contributed by atoms with van der Waals surface area (Å²) in [7, 11) is 3.07. The molecule has 0 amide bonds. The highest BCUT2D eigenvalue weighted by Crippen LogP contribution is 2.35. The number of methoxy groups -OCH3 is 2. The minimum atomic E-state index is -0.591. The summed E-state index contributed by atoms with van der Waals surface area (Å²) in [6.07, 6.45) is 2.39. The Labute approximate surface area is 218 Å². The van der Waals surface area contributed by atoms with Gasteiger partial charge in [-0.2, -0.15) is 0 Å². The lowest BCUT2D eigenvalue weighted by Gasteiger charge is -2.31. The first-order chi connectivity index (χ1) is 17.6. The summed E-state index contributed by atoms with van der Waals surface area (Å²) >= 11 is 0. The van der Waals surface area contributed by atoms with Crippen LogP contribution in [0, 0.1) is 6.92 Å². The van der Waals surface area contributed by atoms with Crippen LogP contribution in [0.5, 0.6) is 5.75 Å². The predicted molar refractivity (Wildman–Crippen MR) is 143 cm³/mol. The largest absolute Gasteiger partial charge is 0.496 e. The number of hydrogen-bond acceptors (Lipinski definition) is 7. The molecule has 1 aromatic heterocycles. The first-order valence-corrected chi connectivity index (χ1v) is 12.7. The second kappa shape index (κ2) is 10.9. The molecule has 1 unspecified atom stereocenters. The molecular weight excluding hydrogens is 470 g/mol. The van der Waals surface area contributed by atoms with Crippen molar-refractivity contribution in [1.29, 1.82) is 0 Å². The summed E-state index contributed by atoms with van der Waals surface area (Å²) in [4.78, 5) is 27.3. The zero-order valence-electron chi connectivity index (χ0n) is 22.6. The number of nitrogens with zero attached hydrogens (tertiary/aromatic N) is 2. The monoisotopic (exact) mass is 507 g/mol. The number of ether oxygens (including phenoxy) is 3. The van der Waals surface area contributed by atoms with Gasteiger partial charge >= 0.3 is 12.1 Å². The zero-order valence-corrected chi connectivity index (χ0v) is 22.6. The van der Waals surface area contributed by atoms with E-state index in [1.54, 1.807) is 17.9 Å². The summed E-state index contributed by atoms with van der Waals surface area (Å²) in [5, 5.41) is 4.52. The van der Waals surface area contributed by atoms with E-state index in [1.165, 1.54) is 7.11 Å². The smallest absolute Gasteiger partial charge is 0.419 e. The predicted octanol–water partition coefficient (Wildman–Crippen LogP) is 5.06. The van der Waals surface area contributed by atoms with Gasteiger partial charge in [0, 0.05) is 42.8 Å². The van der Waals surface area contributed by atoms with Crippen LogP contribution in [0.25, 0.3) is 10.9 Å². The van der Waals surface area contributed by atoms with E-state index >= 15 is 0 Å². The number of nitrogens with one attached hydrogen (secondary N) is 1. The van der Waals surface area contributed by atoms with Crippen LogP contribution in [0.3, 0.4) is 0 Å². The summed E-state index contributed by atoms with van der Waals surface area (Å²) in [6.45, 7) is 10.8. The molecule has 37 heavy (non-hydrogen) atoms. The van der Waals surface area contributed by atoms with Gasteiger partial charge in [0.15, 0.2) is 0 Å². The SMILES string of the molecule is COC(=O)c1ccc(C2CNCCCN2Cc2c(OC)cc(C)c3c2ccn3C(=O)OC(C)(C)C)cc1. The van der Waals surface area contributed by atoms with Crippen molar-refractivity contribution in [1.82, 2.24) is 14.8 Å². The molecule has 1 saturated heterocycles. The molecular formula is C29H37N3O5. The molecule has 1 aliphatic heterocycles. The molecule has 2 aromatic carbocycles. The molecule has 1 N–H and O–H groups in total. The van der Waals surface area contributed by atoms with Crippen LogP contribution in [-0.4, -0.2) is 61.0 Å². The van der Waals surface area contributed by atoms with Crippen LogP contribution in [-0.2, 0) is 16.0 Å². The lowest BCUT2D eigenvalue weighted by Crippen LogP contribution is -2.32. The van der Waals surface area contributed by atoms with E-state index in [2.05, 4.69) is 10.2 Å². The number of aromatic nitrogens is 1. The molecule has 0 saturated carbocycles. The third kappa shape index (κ3) is 5.81. The van der Waals surface area contributed by atoms with Gasteiger partial charge in [-0.1, -0.05) is 12.1 Å². The van der Waals surface area contributed by atoms with E-state index in [-0.39, 0.29) is 12.0 Å². The fourth-order valence-electron chi connectivity index (χ4n) is 4.98. The summed E-state index contributed by atoms with van der Waals surface area (Å²) < 4.78 is 17.9. The molecule has 0 bridgehead atoms. The molecule has 0 aliphatic carbocycles. The Morgan fingerprint density at radius 1 is 1.11 bits per heavy atom. The van der Waals surface area contributed by atoms with Crippen LogP contribution >= 0.6 is 0 Å². The van der Waals surface area contributed by atoms with Crippen LogP contribution in [0.2, 0.25) is 0 Å². The number of carbonyl (C=O) groups is 2. The Hall–Kier alpha value is -3.36. The summed E-state index contributed by atoms with van der Waals surface area (Å²) in [6, 6.07) is 11.7. The van der Waals surface area contributed by atoms with Crippen molar-refractivity contribution in [3.63, 3.8) is 0 Å². The molecule has 1 fully saturated rings. The van der Waals surface area contributed by atoms with Crippen molar-refractivity contribution < 1.29 is 23.8 Å². The van der Waals surface area contributed by atoms with E-state index in [9.17, 15) is 9.59 Å². The Kier molecular flexibility index (Phi) is 7.90. The number of benzene rings is 2. The van der Waals surface area contributed by atoms with Crippen molar-refractivity contribution in [3.05, 3.63) is 64.8 Å². The Bertz CT molecular complexity index is 1270. The van der Waals surface area contributed by atoms with E-state index in [1.807, 2.05) is 64.1 Å². The van der Waals surface area contributed by atoms with Gasteiger partial charge in [-0.3, -0.25) is 9.47 Å². The van der Waals surface area contributed by atoms with Crippen LogP contribution in [0.4, 0.5) is 4.79 Å². The number of aryl methyl sites for hydroxylation is 1. The number of esters is 1. The molecule has 4 rings (SSSR count). The molecule has 3 aromatic rings. The maximum absolute atomic E-state index is 13.0. The quantitative estimate of drug-likeness (QED) is 0.483. The van der Waals surface area contributed by atoms with Gasteiger partial charge in [0.1, 0.15) is 11.4 Å². The maximum atomic E-state index is 13.0. The first-order valence-electron chi connectivity index (χ1n) is 12.7. The number of hydrogen-bond donors (Lipinski definition) is 1. The zero-order chi connectivity index (χ0) is 26.7. The normalized spacial score (nSPS) is 16.9. The van der Waals surface area contributed by atoms with E-state index in [4.69, 9.17) is 14.2 Å². The standard InChI is InChI=1S/C29H37N3O5/c1-19-16-25(35-5)23(22-12-15-32(26(19)22)28(34)37-29(2,3)4)18-31-14-7-13-30-17-24(31)20-8-10-21(11-9-20)27(33)36-6/h8-12,15-16,24,30H,7,13-14,17-18H2,1-6H3. The number of carbonyl (C=O) groups excluding carboxylic acids is 2. The third-order valence-corrected chi connectivity index (χ3v) is 6.70. The summed E-state index contributed by atoms with van der Waals surface area (Å²) in [5.74, 6) is 0.451. The van der Waals surface area contributed by atoms with Gasteiger partial charge in [0.05, 0.1) is 25.3 Å². The minimum Gasteiger partial charge on any atom is -0.496 e. The van der Waals surface area contributed by atoms with Gasteiger partial charge in [-0.05, 0) is 76.1 Å². The average Bonchev–Trinajstić information content (AvgIpc) is 3.19. The maximum Gasteiger partial charge on any atom is 0.419 e. The minimum absolute atomic E-state index is 0.100. The van der Waals surface area contributed by atoms with E-state index in [0.29, 0.717) is 12.1 Å². The van der Waals surface area contributed by atoms with Crippen LogP contribution in [0.1, 0.15) is 60.3 Å². The molecule has 0 spiro atoms. The molecule has 8 heteroatoms. The lowest BCUT2D eigenvalue weighted by molar-refractivity contribution is 0.0542. The van der Waals surface area contributed by atoms with Crippen molar-refractivity contribution in [2.24, 2.45) is 0 Å². The van der Waals surface area contributed by atoms with Crippen LogP contribution < -0.4 is 10.1 Å². The highest BCUT2D eigenvalue weighted by atomic mass is 16.6. The van der Waals surface area contributed by atoms with E-state index < -0.39 is 11.7 Å². The Morgan fingerprint density at radius 3 is 2.49 bits per heavy atom. The summed E-state index contributed by atoms with van der Waals surface area (Å²) in [5.41, 5.74) is 3.87. The van der Waals surface area contributed by atoms with Gasteiger partial charge < -0.3 is 19.5 Å². The highest BCUT2D eigenvalue weighted by Gasteiger charge is 2.27. The van der Waals surface area contributed by atoms with E-state index in [0.717, 1.165) is 59.4 Å². The van der Waals surface area contributed by atoms with Crippen molar-refractivity contribution in [3.8, 4) is 5.75 Å². The molecule has 2 heterocycles.